The molecule has 51 heavy (non-hydrogen) atoms. The molecule has 1 N–H and O–H groups in total. The standard InChI is InChI=1S/C41H45N3O7/c1-25(2)31(24-45)44-37-39(48)43(30-19-18-27-13-10-11-16-29(27)23-30)22-12-6-9-17-33(46)42(4)26(3)36(28-14-7-5-8-15-28)50-40(49)34-32-20-21-41(37,51-32)35(34)38(44)47/h5-8,10-16,18-21,23,25-26,31-32,34-37,45H,9,17,22,24H2,1-4H3/b12-6-/t26-,31+,32+,34-,35-,36+,37+,41-/m1/s1. The molecule has 1 spiro atoms. The van der Waals surface area contributed by atoms with E-state index in [0.29, 0.717) is 17.7 Å². The Labute approximate surface area is 298 Å². The van der Waals surface area contributed by atoms with E-state index in [-0.39, 0.29) is 37.3 Å². The summed E-state index contributed by atoms with van der Waals surface area (Å²) in [5.74, 6) is -3.88. The number of carbonyl (C=O) groups is 4. The molecule has 3 aromatic rings. The first-order valence-electron chi connectivity index (χ1n) is 17.8. The molecular formula is C41H45N3O7. The number of ether oxygens (including phenoxy) is 2. The summed E-state index contributed by atoms with van der Waals surface area (Å²) < 4.78 is 13.0. The number of likely N-dealkylation sites (N-methyl/N-ethyl adjacent to an activating group) is 1. The molecule has 4 heterocycles. The van der Waals surface area contributed by atoms with Crippen LogP contribution in [0.2, 0.25) is 0 Å². The molecule has 4 aliphatic rings. The lowest BCUT2D eigenvalue weighted by molar-refractivity contribution is -0.164. The lowest BCUT2D eigenvalue weighted by Gasteiger charge is -2.40. The van der Waals surface area contributed by atoms with Crippen molar-refractivity contribution < 1.29 is 33.8 Å². The molecule has 10 heteroatoms. The third kappa shape index (κ3) is 5.84. The molecule has 0 unspecified atom stereocenters. The molecule has 4 aliphatic heterocycles. The van der Waals surface area contributed by atoms with Gasteiger partial charge in [-0.25, -0.2) is 0 Å². The molecule has 8 atom stereocenters. The maximum Gasteiger partial charge on any atom is 0.313 e. The summed E-state index contributed by atoms with van der Waals surface area (Å²) in [5.41, 5.74) is -0.122. The summed E-state index contributed by atoms with van der Waals surface area (Å²) in [4.78, 5) is 62.7. The van der Waals surface area contributed by atoms with Crippen LogP contribution < -0.4 is 4.90 Å². The van der Waals surface area contributed by atoms with E-state index in [4.69, 9.17) is 9.47 Å². The van der Waals surface area contributed by atoms with Crippen LogP contribution in [0.25, 0.3) is 10.8 Å². The highest BCUT2D eigenvalue weighted by atomic mass is 16.6. The molecular weight excluding hydrogens is 646 g/mol. The van der Waals surface area contributed by atoms with Crippen molar-refractivity contribution in [2.75, 3.05) is 25.1 Å². The number of amides is 3. The molecule has 7 rings (SSSR count). The number of aliphatic hydroxyl groups is 1. The van der Waals surface area contributed by atoms with Crippen LogP contribution in [0, 0.1) is 17.8 Å². The molecule has 3 amide bonds. The number of hydrogen-bond donors (Lipinski definition) is 1. The lowest BCUT2D eigenvalue weighted by atomic mass is 9.74. The van der Waals surface area contributed by atoms with Crippen LogP contribution in [0.4, 0.5) is 5.69 Å². The molecule has 5 bridgehead atoms. The third-order valence-electron chi connectivity index (χ3n) is 11.2. The zero-order valence-corrected chi connectivity index (χ0v) is 29.4. The number of carbonyl (C=O) groups excluding carboxylic acids is 4. The average molecular weight is 692 g/mol. The van der Waals surface area contributed by atoms with E-state index >= 15 is 4.79 Å². The number of nitrogens with zero attached hydrogens (tertiary/aromatic N) is 3. The van der Waals surface area contributed by atoms with Gasteiger partial charge in [-0.3, -0.25) is 19.2 Å². The second kappa shape index (κ2) is 13.7. The predicted octanol–water partition coefficient (Wildman–Crippen LogP) is 4.82. The van der Waals surface area contributed by atoms with E-state index in [1.54, 1.807) is 29.0 Å². The van der Waals surface area contributed by atoms with Gasteiger partial charge in [0.25, 0.3) is 5.91 Å². The number of anilines is 1. The molecule has 0 aromatic heterocycles. The number of hydrogen-bond acceptors (Lipinski definition) is 7. The molecule has 10 nitrogen and oxygen atoms in total. The first-order chi connectivity index (χ1) is 24.6. The van der Waals surface area contributed by atoms with Gasteiger partial charge in [0.1, 0.15) is 23.7 Å². The summed E-state index contributed by atoms with van der Waals surface area (Å²) in [6, 6.07) is 20.5. The lowest BCUT2D eigenvalue weighted by Crippen LogP contribution is -2.59. The Bertz CT molecular complexity index is 1890. The third-order valence-corrected chi connectivity index (χ3v) is 11.2. The summed E-state index contributed by atoms with van der Waals surface area (Å²) in [5, 5.41) is 12.7. The Morgan fingerprint density at radius 1 is 0.922 bits per heavy atom. The Hall–Kier alpha value is -4.80. The molecule has 0 radical (unpaired) electrons. The van der Waals surface area contributed by atoms with Crippen LogP contribution in [0.1, 0.15) is 45.3 Å². The number of likely N-dealkylation sites (tertiary alicyclic amines) is 1. The number of allylic oxidation sites excluding steroid dienone is 1. The van der Waals surface area contributed by atoms with Crippen LogP contribution in [-0.4, -0.2) is 88.6 Å². The Morgan fingerprint density at radius 2 is 1.65 bits per heavy atom. The number of rotatable bonds is 5. The van der Waals surface area contributed by atoms with Gasteiger partial charge in [-0.05, 0) is 47.7 Å². The normalized spacial score (nSPS) is 31.1. The minimum Gasteiger partial charge on any atom is -0.455 e. The molecule has 266 valence electrons. The van der Waals surface area contributed by atoms with Crippen LogP contribution in [0.5, 0.6) is 0 Å². The molecule has 0 aliphatic carbocycles. The summed E-state index contributed by atoms with van der Waals surface area (Å²) >= 11 is 0. The van der Waals surface area contributed by atoms with E-state index in [1.165, 1.54) is 4.90 Å². The van der Waals surface area contributed by atoms with Gasteiger partial charge in [0.05, 0.1) is 30.7 Å². The average Bonchev–Trinajstić information content (AvgIpc) is 3.78. The Kier molecular flexibility index (Phi) is 9.32. The molecule has 3 aromatic carbocycles. The van der Waals surface area contributed by atoms with Crippen molar-refractivity contribution in [3.63, 3.8) is 0 Å². The highest BCUT2D eigenvalue weighted by molar-refractivity contribution is 6.06. The minimum absolute atomic E-state index is 0.116. The van der Waals surface area contributed by atoms with Crippen molar-refractivity contribution in [2.45, 2.75) is 69.5 Å². The number of benzene rings is 3. The van der Waals surface area contributed by atoms with Gasteiger partial charge in [-0.15, -0.1) is 0 Å². The minimum atomic E-state index is -1.46. The molecule has 0 saturated carbocycles. The SMILES string of the molecule is CC(C)[C@H](CO)N1C(=O)[C@H]2[C@@H]3C(=O)O[C@H](c4ccccc4)[C@@H](C)N(C)C(=O)CC/C=C\CN(c4ccc5ccccc5c4)C(=O)[C@H]1[C@@]21C=C[C@@H]3O1. The number of esters is 1. The maximum absolute atomic E-state index is 15.2. The van der Waals surface area contributed by atoms with Crippen LogP contribution in [-0.2, 0) is 28.7 Å². The predicted molar refractivity (Wildman–Crippen MR) is 192 cm³/mol. The van der Waals surface area contributed by atoms with Gasteiger partial charge >= 0.3 is 5.97 Å². The fourth-order valence-electron chi connectivity index (χ4n) is 8.35. The van der Waals surface area contributed by atoms with Crippen LogP contribution in [0.15, 0.2) is 97.1 Å². The van der Waals surface area contributed by atoms with Crippen molar-refractivity contribution >= 4 is 40.2 Å². The molecule has 2 saturated heterocycles. The van der Waals surface area contributed by atoms with Gasteiger partial charge < -0.3 is 29.3 Å². The van der Waals surface area contributed by atoms with Crippen LogP contribution in [0.3, 0.4) is 0 Å². The van der Waals surface area contributed by atoms with E-state index < -0.39 is 59.6 Å². The van der Waals surface area contributed by atoms with Gasteiger partial charge in [-0.2, -0.15) is 0 Å². The van der Waals surface area contributed by atoms with Gasteiger partial charge in [0, 0.05) is 25.7 Å². The van der Waals surface area contributed by atoms with Crippen molar-refractivity contribution in [2.24, 2.45) is 17.8 Å². The van der Waals surface area contributed by atoms with E-state index in [9.17, 15) is 19.5 Å². The first kappa shape index (κ1) is 34.6. The maximum atomic E-state index is 15.2. The zero-order chi connectivity index (χ0) is 36.0. The van der Waals surface area contributed by atoms with Crippen molar-refractivity contribution in [1.29, 1.82) is 0 Å². The first-order valence-corrected chi connectivity index (χ1v) is 17.8. The Balaban J connectivity index is 1.37. The smallest absolute Gasteiger partial charge is 0.313 e. The Morgan fingerprint density at radius 3 is 2.37 bits per heavy atom. The summed E-state index contributed by atoms with van der Waals surface area (Å²) in [6.07, 6.45) is 6.32. The fourth-order valence-corrected chi connectivity index (χ4v) is 8.35. The van der Waals surface area contributed by atoms with E-state index in [1.807, 2.05) is 106 Å². The summed E-state index contributed by atoms with van der Waals surface area (Å²) in [7, 11) is 1.71. The monoisotopic (exact) mass is 691 g/mol. The number of cyclic esters (lactones) is 1. The number of fused-ring (bicyclic) bond motifs is 3. The van der Waals surface area contributed by atoms with Crippen molar-refractivity contribution in [3.05, 3.63) is 103 Å². The molecule has 2 fully saturated rings. The van der Waals surface area contributed by atoms with E-state index in [2.05, 4.69) is 0 Å². The number of aliphatic hydroxyl groups excluding tert-OH is 1. The second-order valence-electron chi connectivity index (χ2n) is 14.4. The second-order valence-corrected chi connectivity index (χ2v) is 14.4. The van der Waals surface area contributed by atoms with E-state index in [0.717, 1.165) is 10.8 Å². The van der Waals surface area contributed by atoms with Crippen molar-refractivity contribution in [1.82, 2.24) is 9.80 Å². The quantitative estimate of drug-likeness (QED) is 0.301. The van der Waals surface area contributed by atoms with Gasteiger partial charge in [0.15, 0.2) is 0 Å². The zero-order valence-electron chi connectivity index (χ0n) is 29.4. The van der Waals surface area contributed by atoms with Crippen LogP contribution >= 0.6 is 0 Å². The van der Waals surface area contributed by atoms with Gasteiger partial charge in [-0.1, -0.05) is 98.8 Å². The fraction of sp³-hybridized carbons (Fsp3) is 0.415. The topological polar surface area (TPSA) is 117 Å². The summed E-state index contributed by atoms with van der Waals surface area (Å²) in [6.45, 7) is 5.43. The highest BCUT2D eigenvalue weighted by Crippen LogP contribution is 2.56. The largest absolute Gasteiger partial charge is 0.455 e. The van der Waals surface area contributed by atoms with Crippen molar-refractivity contribution in [3.8, 4) is 0 Å². The highest BCUT2D eigenvalue weighted by Gasteiger charge is 2.74. The van der Waals surface area contributed by atoms with Gasteiger partial charge in [0.2, 0.25) is 11.8 Å².